The van der Waals surface area contributed by atoms with Crippen LogP contribution in [0.3, 0.4) is 0 Å². The van der Waals surface area contributed by atoms with Gasteiger partial charge in [0, 0.05) is 76.6 Å². The first kappa shape index (κ1) is 27.3. The van der Waals surface area contributed by atoms with Crippen molar-refractivity contribution in [2.75, 3.05) is 4.90 Å². The Hall–Kier alpha value is -6.49. The van der Waals surface area contributed by atoms with Crippen molar-refractivity contribution < 1.29 is 0 Å². The third-order valence-corrected chi connectivity index (χ3v) is 12.0. The lowest BCUT2D eigenvalue weighted by Gasteiger charge is -2.36. The fourth-order valence-electron chi connectivity index (χ4n) is 8.92. The zero-order chi connectivity index (χ0) is 33.2. The average Bonchev–Trinajstić information content (AvgIpc) is 3.73. The van der Waals surface area contributed by atoms with E-state index < -0.39 is 0 Å². The van der Waals surface area contributed by atoms with Crippen LogP contribution in [-0.4, -0.2) is 9.55 Å². The fourth-order valence-corrected chi connectivity index (χ4v) is 10.1. The summed E-state index contributed by atoms with van der Waals surface area (Å²) in [5.41, 5.74) is 9.65. The highest BCUT2D eigenvalue weighted by Crippen LogP contribution is 2.59. The number of benzene rings is 8. The van der Waals surface area contributed by atoms with E-state index in [9.17, 15) is 0 Å². The van der Waals surface area contributed by atoms with Gasteiger partial charge in [-0.25, -0.2) is 0 Å². The lowest BCUT2D eigenvalue weighted by atomic mass is 9.82. The molecule has 0 saturated heterocycles. The van der Waals surface area contributed by atoms with Crippen molar-refractivity contribution in [3.8, 4) is 16.8 Å². The van der Waals surface area contributed by atoms with Gasteiger partial charge >= 0.3 is 0 Å². The SMILES string of the molecule is c1ccc(-n2c3ccncc3c3ccc(N4c5c(c6ccccc6c6ccccc56)-c5c6c4cccc6cc4sc6ccccc6c54)cc32)cc1. The van der Waals surface area contributed by atoms with Crippen molar-refractivity contribution >= 4 is 103 Å². The van der Waals surface area contributed by atoms with Gasteiger partial charge in [-0.2, -0.15) is 0 Å². The number of aromatic nitrogens is 2. The molecule has 0 N–H and O–H groups in total. The van der Waals surface area contributed by atoms with Crippen LogP contribution in [-0.2, 0) is 0 Å². The van der Waals surface area contributed by atoms with Gasteiger partial charge in [0.2, 0.25) is 0 Å². The molecule has 0 spiro atoms. The molecule has 0 aliphatic carbocycles. The Morgan fingerprint density at radius 1 is 0.451 bits per heavy atom. The molecule has 236 valence electrons. The molecule has 3 nitrogen and oxygen atoms in total. The molecule has 0 saturated carbocycles. The summed E-state index contributed by atoms with van der Waals surface area (Å²) in [5, 5.41) is 12.7. The van der Waals surface area contributed by atoms with Gasteiger partial charge in [-0.15, -0.1) is 11.3 Å². The number of nitrogens with zero attached hydrogens (tertiary/aromatic N) is 3. The van der Waals surface area contributed by atoms with Gasteiger partial charge in [0.05, 0.1) is 22.4 Å². The van der Waals surface area contributed by atoms with Gasteiger partial charge in [0.25, 0.3) is 0 Å². The summed E-state index contributed by atoms with van der Waals surface area (Å²) < 4.78 is 5.03. The summed E-state index contributed by atoms with van der Waals surface area (Å²) in [6.45, 7) is 0. The third-order valence-electron chi connectivity index (χ3n) is 10.9. The second-order valence-electron chi connectivity index (χ2n) is 13.5. The van der Waals surface area contributed by atoms with Crippen molar-refractivity contribution in [2.24, 2.45) is 0 Å². The second-order valence-corrected chi connectivity index (χ2v) is 14.6. The molecule has 0 amide bonds. The lowest BCUT2D eigenvalue weighted by molar-refractivity contribution is 1.17. The number of anilines is 3. The summed E-state index contributed by atoms with van der Waals surface area (Å²) in [6, 6.07) is 55.9. The minimum Gasteiger partial charge on any atom is -0.309 e. The largest absolute Gasteiger partial charge is 0.309 e. The summed E-state index contributed by atoms with van der Waals surface area (Å²) in [4.78, 5) is 7.09. The van der Waals surface area contributed by atoms with E-state index in [2.05, 4.69) is 166 Å². The van der Waals surface area contributed by atoms with Gasteiger partial charge in [-0.05, 0) is 70.1 Å². The normalized spacial score (nSPS) is 12.7. The highest BCUT2D eigenvalue weighted by Gasteiger charge is 2.32. The second kappa shape index (κ2) is 10.0. The number of pyridine rings is 1. The Kier molecular flexibility index (Phi) is 5.38. The number of fused-ring (bicyclic) bond motifs is 14. The van der Waals surface area contributed by atoms with Crippen LogP contribution in [0.2, 0.25) is 0 Å². The van der Waals surface area contributed by atoms with Crippen LogP contribution >= 0.6 is 11.3 Å². The van der Waals surface area contributed by atoms with Crippen molar-refractivity contribution in [2.45, 2.75) is 0 Å². The molecule has 12 rings (SSSR count). The number of hydrogen-bond acceptors (Lipinski definition) is 3. The standard InChI is InChI=1S/C47H27N3S/c1-2-12-29(13-3-1)49-38-23-24-48-27-37(38)33-22-21-30(26-40(33)49)50-39-19-10-11-28-25-42-44(36-18-8-9-20-41(36)51-42)46(43(28)39)45-34-16-6-4-14-31(34)32-15-5-7-17-35(32)47(45)50/h1-27H. The Labute approximate surface area is 296 Å². The summed E-state index contributed by atoms with van der Waals surface area (Å²) >= 11 is 1.90. The Morgan fingerprint density at radius 3 is 2.06 bits per heavy atom. The molecular weight excluding hydrogens is 639 g/mol. The molecule has 1 aliphatic rings. The average molecular weight is 666 g/mol. The molecule has 8 aromatic carbocycles. The van der Waals surface area contributed by atoms with Crippen molar-refractivity contribution in [3.63, 3.8) is 0 Å². The van der Waals surface area contributed by atoms with Crippen molar-refractivity contribution in [3.05, 3.63) is 164 Å². The van der Waals surface area contributed by atoms with Crippen molar-refractivity contribution in [1.29, 1.82) is 0 Å². The summed E-state index contributed by atoms with van der Waals surface area (Å²) in [7, 11) is 0. The molecule has 4 heteroatoms. The quantitative estimate of drug-likeness (QED) is 0.171. The number of para-hydroxylation sites is 1. The molecular formula is C47H27N3S. The van der Waals surface area contributed by atoms with Crippen LogP contribution in [0, 0.1) is 0 Å². The van der Waals surface area contributed by atoms with Crippen LogP contribution in [0.1, 0.15) is 0 Å². The Morgan fingerprint density at radius 2 is 1.20 bits per heavy atom. The van der Waals surface area contributed by atoms with E-state index in [0.717, 1.165) is 27.8 Å². The molecule has 1 aliphatic heterocycles. The topological polar surface area (TPSA) is 21.1 Å². The summed E-state index contributed by atoms with van der Waals surface area (Å²) in [5.74, 6) is 0. The van der Waals surface area contributed by atoms with E-state index in [1.165, 1.54) is 80.4 Å². The van der Waals surface area contributed by atoms with Gasteiger partial charge in [-0.3, -0.25) is 4.98 Å². The van der Waals surface area contributed by atoms with Crippen LogP contribution in [0.4, 0.5) is 17.1 Å². The molecule has 0 bridgehead atoms. The van der Waals surface area contributed by atoms with Gasteiger partial charge in [-0.1, -0.05) is 103 Å². The molecule has 4 heterocycles. The maximum atomic E-state index is 4.55. The Bertz CT molecular complexity index is 3260. The van der Waals surface area contributed by atoms with Crippen LogP contribution in [0.15, 0.2) is 164 Å². The van der Waals surface area contributed by atoms with Crippen LogP contribution < -0.4 is 4.90 Å². The van der Waals surface area contributed by atoms with Gasteiger partial charge < -0.3 is 9.47 Å². The minimum atomic E-state index is 1.13. The monoisotopic (exact) mass is 665 g/mol. The van der Waals surface area contributed by atoms with E-state index in [4.69, 9.17) is 0 Å². The predicted molar refractivity (Wildman–Crippen MR) is 218 cm³/mol. The van der Waals surface area contributed by atoms with E-state index in [1.54, 1.807) is 0 Å². The predicted octanol–water partition coefficient (Wildman–Crippen LogP) is 13.5. The molecule has 51 heavy (non-hydrogen) atoms. The van der Waals surface area contributed by atoms with Gasteiger partial charge in [0.15, 0.2) is 0 Å². The first-order valence-electron chi connectivity index (χ1n) is 17.4. The van der Waals surface area contributed by atoms with Crippen molar-refractivity contribution in [1.82, 2.24) is 9.55 Å². The van der Waals surface area contributed by atoms with E-state index in [1.807, 2.05) is 23.7 Å². The molecule has 0 radical (unpaired) electrons. The molecule has 0 fully saturated rings. The number of hydrogen-bond donors (Lipinski definition) is 0. The fraction of sp³-hybridized carbons (Fsp3) is 0. The highest BCUT2D eigenvalue weighted by atomic mass is 32.1. The maximum absolute atomic E-state index is 4.55. The zero-order valence-corrected chi connectivity index (χ0v) is 28.2. The first-order chi connectivity index (χ1) is 25.3. The van der Waals surface area contributed by atoms with Gasteiger partial charge in [0.1, 0.15) is 0 Å². The molecule has 3 aromatic heterocycles. The smallest absolute Gasteiger partial charge is 0.0625 e. The lowest BCUT2D eigenvalue weighted by Crippen LogP contribution is -2.16. The van der Waals surface area contributed by atoms with Crippen LogP contribution in [0.25, 0.3) is 91.1 Å². The van der Waals surface area contributed by atoms with E-state index in [0.29, 0.717) is 0 Å². The number of thiophene rings is 1. The summed E-state index contributed by atoms with van der Waals surface area (Å²) in [6.07, 6.45) is 3.90. The molecule has 0 atom stereocenters. The van der Waals surface area contributed by atoms with E-state index in [-0.39, 0.29) is 0 Å². The van der Waals surface area contributed by atoms with E-state index >= 15 is 0 Å². The third kappa shape index (κ3) is 3.59. The van der Waals surface area contributed by atoms with Crippen LogP contribution in [0.5, 0.6) is 0 Å². The number of rotatable bonds is 2. The zero-order valence-electron chi connectivity index (χ0n) is 27.3. The first-order valence-corrected chi connectivity index (χ1v) is 18.2. The molecule has 11 aromatic rings. The maximum Gasteiger partial charge on any atom is 0.0625 e. The highest BCUT2D eigenvalue weighted by molar-refractivity contribution is 7.26. The molecule has 0 unspecified atom stereocenters. The Balaban J connectivity index is 1.29. The minimum absolute atomic E-state index is 1.13.